The standard InChI is InChI=1S/C15H10O4/c16-10-3-1-9(2-4-10)7-14-13-8-11(17)5-6-12(13)15(18)19-14/h1-8,16-17H. The first-order chi connectivity index (χ1) is 9.13. The SMILES string of the molecule is O=C1OC(=Cc2ccc(O)cc2)c2cc(O)ccc21. The van der Waals surface area contributed by atoms with Crippen molar-refractivity contribution in [2.45, 2.75) is 0 Å². The highest BCUT2D eigenvalue weighted by Gasteiger charge is 2.26. The third kappa shape index (κ3) is 2.04. The van der Waals surface area contributed by atoms with Crippen molar-refractivity contribution in [3.63, 3.8) is 0 Å². The fourth-order valence-electron chi connectivity index (χ4n) is 1.95. The fourth-order valence-corrected chi connectivity index (χ4v) is 1.95. The zero-order chi connectivity index (χ0) is 13.4. The molecule has 2 aromatic rings. The molecule has 0 aromatic heterocycles. The molecule has 4 heteroatoms. The molecule has 0 unspecified atom stereocenters. The summed E-state index contributed by atoms with van der Waals surface area (Å²) in [6, 6.07) is 11.0. The van der Waals surface area contributed by atoms with E-state index < -0.39 is 5.97 Å². The maximum Gasteiger partial charge on any atom is 0.344 e. The number of carbonyl (C=O) groups is 1. The minimum atomic E-state index is -0.431. The molecule has 0 aliphatic carbocycles. The van der Waals surface area contributed by atoms with Crippen LogP contribution >= 0.6 is 0 Å². The van der Waals surface area contributed by atoms with Crippen molar-refractivity contribution in [2.75, 3.05) is 0 Å². The second-order valence-electron chi connectivity index (χ2n) is 4.22. The van der Waals surface area contributed by atoms with E-state index in [2.05, 4.69) is 0 Å². The molecule has 3 rings (SSSR count). The highest BCUT2D eigenvalue weighted by molar-refractivity contribution is 6.05. The number of carbonyl (C=O) groups excluding carboxylic acids is 1. The molecule has 0 radical (unpaired) electrons. The summed E-state index contributed by atoms with van der Waals surface area (Å²) in [5.74, 6) is 0.207. The van der Waals surface area contributed by atoms with E-state index in [0.29, 0.717) is 16.9 Å². The summed E-state index contributed by atoms with van der Waals surface area (Å²) in [6.07, 6.45) is 1.68. The molecule has 0 spiro atoms. The van der Waals surface area contributed by atoms with Crippen LogP contribution in [0.1, 0.15) is 21.5 Å². The lowest BCUT2D eigenvalue weighted by molar-refractivity contribution is 0.0717. The largest absolute Gasteiger partial charge is 0.508 e. The Hall–Kier alpha value is -2.75. The van der Waals surface area contributed by atoms with Gasteiger partial charge in [0, 0.05) is 5.56 Å². The Kier molecular flexibility index (Phi) is 2.49. The van der Waals surface area contributed by atoms with Gasteiger partial charge in [-0.15, -0.1) is 0 Å². The Balaban J connectivity index is 2.06. The third-order valence-electron chi connectivity index (χ3n) is 2.88. The van der Waals surface area contributed by atoms with Crippen LogP contribution in [0.2, 0.25) is 0 Å². The van der Waals surface area contributed by atoms with Crippen molar-refractivity contribution in [1.29, 1.82) is 0 Å². The lowest BCUT2D eigenvalue weighted by atomic mass is 10.1. The first-order valence-corrected chi connectivity index (χ1v) is 5.70. The van der Waals surface area contributed by atoms with Crippen LogP contribution in [0.15, 0.2) is 42.5 Å². The van der Waals surface area contributed by atoms with Crippen molar-refractivity contribution in [3.05, 3.63) is 59.2 Å². The van der Waals surface area contributed by atoms with Gasteiger partial charge in [-0.3, -0.25) is 0 Å². The number of hydrogen-bond donors (Lipinski definition) is 2. The van der Waals surface area contributed by atoms with Crippen molar-refractivity contribution in [2.24, 2.45) is 0 Å². The molecule has 1 heterocycles. The number of rotatable bonds is 1. The number of ether oxygens (including phenoxy) is 1. The molecule has 0 amide bonds. The van der Waals surface area contributed by atoms with Gasteiger partial charge in [-0.05, 0) is 42.0 Å². The molecule has 1 aliphatic heterocycles. The van der Waals surface area contributed by atoms with Crippen molar-refractivity contribution in [3.8, 4) is 11.5 Å². The van der Waals surface area contributed by atoms with E-state index in [0.717, 1.165) is 5.56 Å². The van der Waals surface area contributed by atoms with E-state index in [1.807, 2.05) is 0 Å². The summed E-state index contributed by atoms with van der Waals surface area (Å²) < 4.78 is 5.17. The molecular formula is C15H10O4. The molecule has 1 aliphatic rings. The Morgan fingerprint density at radius 2 is 1.58 bits per heavy atom. The number of aromatic hydroxyl groups is 2. The lowest BCUT2D eigenvalue weighted by Crippen LogP contribution is -1.92. The van der Waals surface area contributed by atoms with Gasteiger partial charge < -0.3 is 14.9 Å². The highest BCUT2D eigenvalue weighted by Crippen LogP contribution is 2.33. The third-order valence-corrected chi connectivity index (χ3v) is 2.88. The van der Waals surface area contributed by atoms with Gasteiger partial charge >= 0.3 is 5.97 Å². The van der Waals surface area contributed by atoms with Gasteiger partial charge in [-0.2, -0.15) is 0 Å². The second kappa shape index (κ2) is 4.17. The van der Waals surface area contributed by atoms with Gasteiger partial charge in [-0.1, -0.05) is 12.1 Å². The number of fused-ring (bicyclic) bond motifs is 1. The van der Waals surface area contributed by atoms with Gasteiger partial charge in [-0.25, -0.2) is 4.79 Å². The predicted octanol–water partition coefficient (Wildman–Crippen LogP) is 2.77. The van der Waals surface area contributed by atoms with Crippen molar-refractivity contribution >= 4 is 17.8 Å². The molecule has 4 nitrogen and oxygen atoms in total. The van der Waals surface area contributed by atoms with Crippen LogP contribution in [0.5, 0.6) is 11.5 Å². The first-order valence-electron chi connectivity index (χ1n) is 5.70. The molecule has 2 N–H and O–H groups in total. The number of phenolic OH excluding ortho intramolecular Hbond substituents is 2. The Labute approximate surface area is 109 Å². The molecule has 0 bridgehead atoms. The summed E-state index contributed by atoms with van der Waals surface area (Å²) in [6.45, 7) is 0. The minimum Gasteiger partial charge on any atom is -0.508 e. The zero-order valence-electron chi connectivity index (χ0n) is 9.83. The second-order valence-corrected chi connectivity index (χ2v) is 4.22. The number of hydrogen-bond acceptors (Lipinski definition) is 4. The number of esters is 1. The van der Waals surface area contributed by atoms with Crippen molar-refractivity contribution in [1.82, 2.24) is 0 Å². The Morgan fingerprint density at radius 1 is 0.895 bits per heavy atom. The molecule has 0 saturated heterocycles. The van der Waals surface area contributed by atoms with Gasteiger partial charge in [0.25, 0.3) is 0 Å². The van der Waals surface area contributed by atoms with Gasteiger partial charge in [0.1, 0.15) is 17.3 Å². The van der Waals surface area contributed by atoms with Crippen LogP contribution in [-0.4, -0.2) is 16.2 Å². The van der Waals surface area contributed by atoms with E-state index >= 15 is 0 Å². The Morgan fingerprint density at radius 3 is 2.32 bits per heavy atom. The molecular weight excluding hydrogens is 244 g/mol. The molecule has 2 aromatic carbocycles. The monoisotopic (exact) mass is 254 g/mol. The maximum atomic E-state index is 11.6. The summed E-state index contributed by atoms with van der Waals surface area (Å²) in [7, 11) is 0. The number of benzene rings is 2. The van der Waals surface area contributed by atoms with Crippen LogP contribution in [-0.2, 0) is 4.74 Å². The van der Waals surface area contributed by atoms with E-state index in [1.165, 1.54) is 18.2 Å². The maximum absolute atomic E-state index is 11.6. The summed E-state index contributed by atoms with van der Waals surface area (Å²) in [5, 5.41) is 18.7. The first kappa shape index (κ1) is 11.3. The normalized spacial score (nSPS) is 15.4. The molecule has 0 atom stereocenters. The van der Waals surface area contributed by atoms with E-state index in [1.54, 1.807) is 30.3 Å². The number of cyclic esters (lactones) is 1. The lowest BCUT2D eigenvalue weighted by Gasteiger charge is -2.00. The quantitative estimate of drug-likeness (QED) is 0.768. The zero-order valence-corrected chi connectivity index (χ0v) is 9.83. The summed E-state index contributed by atoms with van der Waals surface area (Å²) in [4.78, 5) is 11.6. The topological polar surface area (TPSA) is 66.8 Å². The molecule has 19 heavy (non-hydrogen) atoms. The van der Waals surface area contributed by atoms with E-state index in [4.69, 9.17) is 4.74 Å². The van der Waals surface area contributed by atoms with E-state index in [-0.39, 0.29) is 11.5 Å². The smallest absolute Gasteiger partial charge is 0.344 e. The van der Waals surface area contributed by atoms with Gasteiger partial charge in [0.2, 0.25) is 0 Å². The van der Waals surface area contributed by atoms with Crippen LogP contribution in [0, 0.1) is 0 Å². The predicted molar refractivity (Wildman–Crippen MR) is 69.5 cm³/mol. The van der Waals surface area contributed by atoms with Crippen molar-refractivity contribution < 1.29 is 19.7 Å². The average molecular weight is 254 g/mol. The average Bonchev–Trinajstić information content (AvgIpc) is 2.69. The van der Waals surface area contributed by atoms with Crippen LogP contribution in [0.25, 0.3) is 11.8 Å². The van der Waals surface area contributed by atoms with Gasteiger partial charge in [0.05, 0.1) is 5.56 Å². The summed E-state index contributed by atoms with van der Waals surface area (Å²) in [5.41, 5.74) is 1.79. The van der Waals surface area contributed by atoms with Crippen LogP contribution in [0.4, 0.5) is 0 Å². The van der Waals surface area contributed by atoms with E-state index in [9.17, 15) is 15.0 Å². The van der Waals surface area contributed by atoms with Gasteiger partial charge in [0.15, 0.2) is 0 Å². The molecule has 0 saturated carbocycles. The Bertz CT molecular complexity index is 684. The highest BCUT2D eigenvalue weighted by atomic mass is 16.5. The number of phenols is 2. The van der Waals surface area contributed by atoms with Crippen LogP contribution in [0.3, 0.4) is 0 Å². The molecule has 0 fully saturated rings. The minimum absolute atomic E-state index is 0.0775. The van der Waals surface area contributed by atoms with Crippen LogP contribution < -0.4 is 0 Å². The molecule has 94 valence electrons. The summed E-state index contributed by atoms with van der Waals surface area (Å²) >= 11 is 0. The fraction of sp³-hybridized carbons (Fsp3) is 0.